The van der Waals surface area contributed by atoms with Crippen LogP contribution >= 0.6 is 0 Å². The number of nitrogens with zero attached hydrogens (tertiary/aromatic N) is 2. The van der Waals surface area contributed by atoms with Crippen LogP contribution in [0, 0.1) is 5.92 Å². The van der Waals surface area contributed by atoms with Gasteiger partial charge in [-0.2, -0.15) is 0 Å². The molecule has 1 aromatic carbocycles. The number of hydrogen-bond acceptors (Lipinski definition) is 3. The van der Waals surface area contributed by atoms with Crippen molar-refractivity contribution in [2.75, 3.05) is 12.1 Å². The molecule has 1 aliphatic heterocycles. The van der Waals surface area contributed by atoms with Gasteiger partial charge in [0.1, 0.15) is 5.54 Å². The second kappa shape index (κ2) is 3.62. The van der Waals surface area contributed by atoms with E-state index in [1.807, 2.05) is 54.7 Å². The van der Waals surface area contributed by atoms with Gasteiger partial charge in [0, 0.05) is 13.2 Å². The number of carbonyl (C=O) groups is 1. The zero-order chi connectivity index (χ0) is 11.9. The van der Waals surface area contributed by atoms with Crippen molar-refractivity contribution >= 4 is 12.0 Å². The molecule has 3 rings (SSSR count). The first-order chi connectivity index (χ1) is 8.28. The number of anilines is 1. The second-order valence-corrected chi connectivity index (χ2v) is 4.82. The molecule has 0 bridgehead atoms. The van der Waals surface area contributed by atoms with Gasteiger partial charge in [-0.3, -0.25) is 10.0 Å². The molecule has 0 spiro atoms. The molecule has 1 saturated carbocycles. The molecule has 0 aromatic heterocycles. The Morgan fingerprint density at radius 1 is 1.29 bits per heavy atom. The van der Waals surface area contributed by atoms with Crippen molar-refractivity contribution in [3.05, 3.63) is 42.6 Å². The Balaban J connectivity index is 2.04. The Morgan fingerprint density at radius 2 is 2.00 bits per heavy atom. The molecule has 1 aromatic rings. The SMILES string of the molecule is CN1C=CC(C=O)(C2CC2)N1c1ccccc1. The van der Waals surface area contributed by atoms with Crippen LogP contribution in [0.4, 0.5) is 5.69 Å². The van der Waals surface area contributed by atoms with Gasteiger partial charge in [0.05, 0.1) is 5.69 Å². The van der Waals surface area contributed by atoms with Gasteiger partial charge in [-0.15, -0.1) is 0 Å². The quantitative estimate of drug-likeness (QED) is 0.741. The summed E-state index contributed by atoms with van der Waals surface area (Å²) in [5.74, 6) is 0.460. The summed E-state index contributed by atoms with van der Waals surface area (Å²) >= 11 is 0. The van der Waals surface area contributed by atoms with E-state index in [9.17, 15) is 4.79 Å². The first-order valence-electron chi connectivity index (χ1n) is 6.01. The predicted molar refractivity (Wildman–Crippen MR) is 67.3 cm³/mol. The molecule has 0 radical (unpaired) electrons. The van der Waals surface area contributed by atoms with Gasteiger partial charge in [0.2, 0.25) is 0 Å². The normalized spacial score (nSPS) is 27.6. The van der Waals surface area contributed by atoms with E-state index in [1.54, 1.807) is 0 Å². The summed E-state index contributed by atoms with van der Waals surface area (Å²) in [5.41, 5.74) is 0.606. The summed E-state index contributed by atoms with van der Waals surface area (Å²) in [6, 6.07) is 10.1. The van der Waals surface area contributed by atoms with Gasteiger partial charge < -0.3 is 4.79 Å². The van der Waals surface area contributed by atoms with E-state index in [2.05, 4.69) is 5.01 Å². The topological polar surface area (TPSA) is 23.6 Å². The van der Waals surface area contributed by atoms with Crippen molar-refractivity contribution in [1.82, 2.24) is 5.01 Å². The molecule has 1 atom stereocenters. The van der Waals surface area contributed by atoms with E-state index in [-0.39, 0.29) is 0 Å². The molecule has 3 heteroatoms. The first kappa shape index (κ1) is 10.4. The molecule has 17 heavy (non-hydrogen) atoms. The maximum Gasteiger partial charge on any atom is 0.151 e. The maximum absolute atomic E-state index is 11.6. The van der Waals surface area contributed by atoms with Crippen molar-refractivity contribution in [3.63, 3.8) is 0 Å². The highest BCUT2D eigenvalue weighted by atomic mass is 16.1. The number of benzene rings is 1. The van der Waals surface area contributed by atoms with Gasteiger partial charge in [-0.25, -0.2) is 0 Å². The Kier molecular flexibility index (Phi) is 2.21. The minimum atomic E-state index is -0.462. The van der Waals surface area contributed by atoms with Gasteiger partial charge in [0.25, 0.3) is 0 Å². The summed E-state index contributed by atoms with van der Waals surface area (Å²) in [5, 5.41) is 4.10. The molecule has 3 nitrogen and oxygen atoms in total. The van der Waals surface area contributed by atoms with Crippen molar-refractivity contribution in [1.29, 1.82) is 0 Å². The number of rotatable bonds is 3. The van der Waals surface area contributed by atoms with Crippen molar-refractivity contribution in [2.24, 2.45) is 5.92 Å². The minimum absolute atomic E-state index is 0.460. The molecule has 2 aliphatic rings. The van der Waals surface area contributed by atoms with Crippen LogP contribution < -0.4 is 5.01 Å². The molecule has 1 unspecified atom stereocenters. The third kappa shape index (κ3) is 1.46. The molecule has 88 valence electrons. The van der Waals surface area contributed by atoms with Crippen LogP contribution in [0.2, 0.25) is 0 Å². The van der Waals surface area contributed by atoms with Crippen LogP contribution in [0.5, 0.6) is 0 Å². The van der Waals surface area contributed by atoms with Crippen LogP contribution in [-0.2, 0) is 4.79 Å². The zero-order valence-electron chi connectivity index (χ0n) is 9.91. The van der Waals surface area contributed by atoms with Crippen LogP contribution in [0.15, 0.2) is 42.6 Å². The second-order valence-electron chi connectivity index (χ2n) is 4.82. The molecule has 1 aliphatic carbocycles. The lowest BCUT2D eigenvalue weighted by molar-refractivity contribution is -0.111. The van der Waals surface area contributed by atoms with E-state index >= 15 is 0 Å². The smallest absolute Gasteiger partial charge is 0.151 e. The summed E-state index contributed by atoms with van der Waals surface area (Å²) in [7, 11) is 1.98. The monoisotopic (exact) mass is 228 g/mol. The average Bonchev–Trinajstić information content (AvgIpc) is 3.16. The molecular weight excluding hydrogens is 212 g/mol. The molecule has 0 amide bonds. The zero-order valence-corrected chi connectivity index (χ0v) is 9.91. The highest BCUT2D eigenvalue weighted by Gasteiger charge is 2.51. The van der Waals surface area contributed by atoms with Crippen LogP contribution in [0.25, 0.3) is 0 Å². The number of hydrazine groups is 1. The maximum atomic E-state index is 11.6. The van der Waals surface area contributed by atoms with Crippen molar-refractivity contribution in [2.45, 2.75) is 18.4 Å². The van der Waals surface area contributed by atoms with E-state index < -0.39 is 5.54 Å². The third-order valence-electron chi connectivity index (χ3n) is 3.66. The van der Waals surface area contributed by atoms with Crippen molar-refractivity contribution < 1.29 is 4.79 Å². The fourth-order valence-electron chi connectivity index (χ4n) is 2.65. The molecular formula is C14H16N2O. The number of hydrogen-bond donors (Lipinski definition) is 0. The highest BCUT2D eigenvalue weighted by Crippen LogP contribution is 2.47. The number of aldehydes is 1. The van der Waals surface area contributed by atoms with E-state index in [0.717, 1.165) is 24.8 Å². The molecule has 0 saturated heterocycles. The number of carbonyl (C=O) groups excluding carboxylic acids is 1. The van der Waals surface area contributed by atoms with Crippen molar-refractivity contribution in [3.8, 4) is 0 Å². The Bertz CT molecular complexity index is 453. The lowest BCUT2D eigenvalue weighted by atomic mass is 9.94. The molecule has 1 fully saturated rings. The average molecular weight is 228 g/mol. The van der Waals surface area contributed by atoms with Crippen LogP contribution in [0.1, 0.15) is 12.8 Å². The van der Waals surface area contributed by atoms with Gasteiger partial charge in [-0.05, 0) is 37.0 Å². The lowest BCUT2D eigenvalue weighted by Gasteiger charge is -2.39. The first-order valence-corrected chi connectivity index (χ1v) is 6.01. The largest absolute Gasteiger partial charge is 0.300 e. The Morgan fingerprint density at radius 3 is 2.59 bits per heavy atom. The van der Waals surface area contributed by atoms with Crippen LogP contribution in [-0.4, -0.2) is 23.9 Å². The Labute approximate surface area is 101 Å². The standard InChI is InChI=1S/C14H16N2O/c1-15-10-9-14(11-17,12-7-8-12)16(15)13-5-3-2-4-6-13/h2-6,9-12H,7-8H2,1H3. The van der Waals surface area contributed by atoms with Gasteiger partial charge in [0.15, 0.2) is 6.29 Å². The molecule has 1 heterocycles. The summed E-state index contributed by atoms with van der Waals surface area (Å²) in [6.45, 7) is 0. The summed E-state index contributed by atoms with van der Waals surface area (Å²) in [6.07, 6.45) is 7.39. The van der Waals surface area contributed by atoms with Crippen LogP contribution in [0.3, 0.4) is 0 Å². The predicted octanol–water partition coefficient (Wildman–Crippen LogP) is 2.21. The highest BCUT2D eigenvalue weighted by molar-refractivity contribution is 5.78. The van der Waals surface area contributed by atoms with E-state index in [4.69, 9.17) is 0 Å². The molecule has 0 N–H and O–H groups in total. The summed E-state index contributed by atoms with van der Waals surface area (Å²) < 4.78 is 0. The lowest BCUT2D eigenvalue weighted by Crippen LogP contribution is -2.52. The third-order valence-corrected chi connectivity index (χ3v) is 3.66. The van der Waals surface area contributed by atoms with Gasteiger partial charge >= 0.3 is 0 Å². The van der Waals surface area contributed by atoms with E-state index in [0.29, 0.717) is 5.92 Å². The number of para-hydroxylation sites is 1. The minimum Gasteiger partial charge on any atom is -0.300 e. The Hall–Kier alpha value is -1.77. The summed E-state index contributed by atoms with van der Waals surface area (Å²) in [4.78, 5) is 11.6. The van der Waals surface area contributed by atoms with Gasteiger partial charge in [-0.1, -0.05) is 18.2 Å². The fourth-order valence-corrected chi connectivity index (χ4v) is 2.65. The fraction of sp³-hybridized carbons (Fsp3) is 0.357. The van der Waals surface area contributed by atoms with E-state index in [1.165, 1.54) is 0 Å².